The van der Waals surface area contributed by atoms with Crippen molar-refractivity contribution in [3.8, 4) is 28.5 Å². The number of methoxy groups -OCH3 is 3. The molecule has 0 fully saturated rings. The number of hydrogen-bond acceptors (Lipinski definition) is 5. The van der Waals surface area contributed by atoms with Gasteiger partial charge in [-0.3, -0.25) is 9.48 Å². The Hall–Kier alpha value is -3.55. The minimum atomic E-state index is -0.312. The molecular formula is C20H20FN3O4. The van der Waals surface area contributed by atoms with Gasteiger partial charge in [0.25, 0.3) is 0 Å². The fourth-order valence-corrected chi connectivity index (χ4v) is 2.73. The first-order chi connectivity index (χ1) is 13.5. The number of aromatic nitrogens is 2. The Labute approximate surface area is 161 Å². The maximum Gasteiger partial charge on any atom is 0.246 e. The topological polar surface area (TPSA) is 74.6 Å². The van der Waals surface area contributed by atoms with Crippen LogP contribution in [-0.2, 0) is 11.3 Å². The van der Waals surface area contributed by atoms with E-state index in [1.807, 2.05) is 0 Å². The average Bonchev–Trinajstić information content (AvgIpc) is 3.15. The van der Waals surface area contributed by atoms with E-state index >= 15 is 0 Å². The van der Waals surface area contributed by atoms with Crippen molar-refractivity contribution in [2.75, 3.05) is 26.6 Å². The average molecular weight is 385 g/mol. The predicted octanol–water partition coefficient (Wildman–Crippen LogP) is 3.35. The molecule has 0 saturated heterocycles. The number of amides is 1. The Balaban J connectivity index is 1.72. The Morgan fingerprint density at radius 3 is 2.25 bits per heavy atom. The van der Waals surface area contributed by atoms with Crippen molar-refractivity contribution in [1.29, 1.82) is 0 Å². The molecule has 7 nitrogen and oxygen atoms in total. The van der Waals surface area contributed by atoms with Gasteiger partial charge in [0.2, 0.25) is 11.7 Å². The van der Waals surface area contributed by atoms with E-state index in [0.29, 0.717) is 28.6 Å². The summed E-state index contributed by atoms with van der Waals surface area (Å²) in [5.74, 6) is 0.736. The summed E-state index contributed by atoms with van der Waals surface area (Å²) in [4.78, 5) is 12.4. The number of halogens is 1. The molecule has 0 aliphatic rings. The van der Waals surface area contributed by atoms with E-state index in [0.717, 1.165) is 5.56 Å². The minimum Gasteiger partial charge on any atom is -0.493 e. The van der Waals surface area contributed by atoms with E-state index in [9.17, 15) is 9.18 Å². The van der Waals surface area contributed by atoms with Crippen molar-refractivity contribution in [2.24, 2.45) is 0 Å². The Bertz CT molecular complexity index is 945. The lowest BCUT2D eigenvalue weighted by atomic mass is 10.1. The summed E-state index contributed by atoms with van der Waals surface area (Å²) in [7, 11) is 4.52. The molecule has 2 aromatic carbocycles. The van der Waals surface area contributed by atoms with Gasteiger partial charge in [0.1, 0.15) is 12.4 Å². The summed E-state index contributed by atoms with van der Waals surface area (Å²) in [6.45, 7) is 0.0118. The molecule has 0 bridgehead atoms. The highest BCUT2D eigenvalue weighted by molar-refractivity contribution is 5.91. The SMILES string of the molecule is COc1cc(NC(=O)Cn2ccc(-c3ccc(F)cc3)n2)cc(OC)c1OC. The van der Waals surface area contributed by atoms with Gasteiger partial charge >= 0.3 is 0 Å². The lowest BCUT2D eigenvalue weighted by molar-refractivity contribution is -0.116. The highest BCUT2D eigenvalue weighted by Crippen LogP contribution is 2.39. The standard InChI is InChI=1S/C20H20FN3O4/c1-26-17-10-15(11-18(27-2)20(17)28-3)22-19(25)12-24-9-8-16(23-24)13-4-6-14(21)7-5-13/h4-11H,12H2,1-3H3,(H,22,25). The highest BCUT2D eigenvalue weighted by Gasteiger charge is 2.15. The second-order valence-corrected chi connectivity index (χ2v) is 5.87. The Morgan fingerprint density at radius 1 is 1.04 bits per heavy atom. The molecule has 0 saturated carbocycles. The van der Waals surface area contributed by atoms with Crippen LogP contribution in [-0.4, -0.2) is 37.0 Å². The zero-order valence-corrected chi connectivity index (χ0v) is 15.7. The van der Waals surface area contributed by atoms with Gasteiger partial charge in [0.15, 0.2) is 11.5 Å². The highest BCUT2D eigenvalue weighted by atomic mass is 19.1. The molecular weight excluding hydrogens is 365 g/mol. The third-order valence-electron chi connectivity index (χ3n) is 4.03. The number of carbonyl (C=O) groups excluding carboxylic acids is 1. The molecule has 1 N–H and O–H groups in total. The number of hydrogen-bond donors (Lipinski definition) is 1. The smallest absolute Gasteiger partial charge is 0.246 e. The van der Waals surface area contributed by atoms with Gasteiger partial charge in [0.05, 0.1) is 27.0 Å². The van der Waals surface area contributed by atoms with Crippen molar-refractivity contribution in [2.45, 2.75) is 6.54 Å². The molecule has 3 rings (SSSR count). The zero-order chi connectivity index (χ0) is 20.1. The van der Waals surface area contributed by atoms with Crippen LogP contribution < -0.4 is 19.5 Å². The van der Waals surface area contributed by atoms with E-state index in [1.54, 1.807) is 36.5 Å². The summed E-state index contributed by atoms with van der Waals surface area (Å²) < 4.78 is 30.4. The van der Waals surface area contributed by atoms with Crippen molar-refractivity contribution in [1.82, 2.24) is 9.78 Å². The number of benzene rings is 2. The van der Waals surface area contributed by atoms with E-state index in [4.69, 9.17) is 14.2 Å². The van der Waals surface area contributed by atoms with Crippen LogP contribution in [0.5, 0.6) is 17.2 Å². The fraction of sp³-hybridized carbons (Fsp3) is 0.200. The second-order valence-electron chi connectivity index (χ2n) is 5.87. The number of nitrogens with zero attached hydrogens (tertiary/aromatic N) is 2. The largest absolute Gasteiger partial charge is 0.493 e. The molecule has 3 aromatic rings. The van der Waals surface area contributed by atoms with Crippen LogP contribution in [0.4, 0.5) is 10.1 Å². The third-order valence-corrected chi connectivity index (χ3v) is 4.03. The van der Waals surface area contributed by atoms with E-state index in [1.165, 1.54) is 38.1 Å². The second kappa shape index (κ2) is 8.43. The third kappa shape index (κ3) is 4.22. The van der Waals surface area contributed by atoms with Crippen molar-refractivity contribution >= 4 is 11.6 Å². The number of nitrogens with one attached hydrogen (secondary N) is 1. The predicted molar refractivity (Wildman–Crippen MR) is 102 cm³/mol. The summed E-state index contributed by atoms with van der Waals surface area (Å²) in [5.41, 5.74) is 1.93. The molecule has 1 aromatic heterocycles. The van der Waals surface area contributed by atoms with Crippen LogP contribution in [0.2, 0.25) is 0 Å². The molecule has 1 heterocycles. The maximum absolute atomic E-state index is 13.0. The summed E-state index contributed by atoms with van der Waals surface area (Å²) in [6.07, 6.45) is 1.69. The molecule has 0 aliphatic carbocycles. The molecule has 0 radical (unpaired) electrons. The summed E-state index contributed by atoms with van der Waals surface area (Å²) in [6, 6.07) is 11.1. The van der Waals surface area contributed by atoms with Gasteiger partial charge in [-0.15, -0.1) is 0 Å². The molecule has 0 aliphatic heterocycles. The molecule has 0 unspecified atom stereocenters. The molecule has 0 atom stereocenters. The van der Waals surface area contributed by atoms with E-state index in [2.05, 4.69) is 10.4 Å². The van der Waals surface area contributed by atoms with Crippen molar-refractivity contribution in [3.63, 3.8) is 0 Å². The number of ether oxygens (including phenoxy) is 3. The quantitative estimate of drug-likeness (QED) is 0.675. The van der Waals surface area contributed by atoms with Crippen LogP contribution in [0.3, 0.4) is 0 Å². The minimum absolute atomic E-state index is 0.0118. The van der Waals surface area contributed by atoms with Gasteiger partial charge < -0.3 is 19.5 Å². The van der Waals surface area contributed by atoms with Crippen LogP contribution in [0, 0.1) is 5.82 Å². The Morgan fingerprint density at radius 2 is 1.68 bits per heavy atom. The van der Waals surface area contributed by atoms with Gasteiger partial charge in [-0.2, -0.15) is 5.10 Å². The lowest BCUT2D eigenvalue weighted by Gasteiger charge is -2.14. The van der Waals surface area contributed by atoms with Crippen molar-refractivity contribution < 1.29 is 23.4 Å². The van der Waals surface area contributed by atoms with Crippen LogP contribution in [0.25, 0.3) is 11.3 Å². The molecule has 28 heavy (non-hydrogen) atoms. The van der Waals surface area contributed by atoms with Crippen molar-refractivity contribution in [3.05, 3.63) is 54.5 Å². The van der Waals surface area contributed by atoms with Gasteiger partial charge in [-0.05, 0) is 30.3 Å². The zero-order valence-electron chi connectivity index (χ0n) is 15.7. The molecule has 146 valence electrons. The first-order valence-corrected chi connectivity index (χ1v) is 8.43. The van der Waals surface area contributed by atoms with Crippen LogP contribution in [0.15, 0.2) is 48.7 Å². The van der Waals surface area contributed by atoms with Gasteiger partial charge in [-0.25, -0.2) is 4.39 Å². The van der Waals surface area contributed by atoms with E-state index in [-0.39, 0.29) is 18.3 Å². The van der Waals surface area contributed by atoms with E-state index < -0.39 is 0 Å². The maximum atomic E-state index is 13.0. The Kier molecular flexibility index (Phi) is 5.78. The number of carbonyl (C=O) groups is 1. The fourth-order valence-electron chi connectivity index (χ4n) is 2.73. The van der Waals surface area contributed by atoms with Crippen LogP contribution >= 0.6 is 0 Å². The first-order valence-electron chi connectivity index (χ1n) is 8.43. The number of rotatable bonds is 7. The monoisotopic (exact) mass is 385 g/mol. The number of anilines is 1. The lowest BCUT2D eigenvalue weighted by Crippen LogP contribution is -2.19. The summed E-state index contributed by atoms with van der Waals surface area (Å²) >= 11 is 0. The summed E-state index contributed by atoms with van der Waals surface area (Å²) in [5, 5.41) is 7.13. The van der Waals surface area contributed by atoms with Gasteiger partial charge in [-0.1, -0.05) is 0 Å². The first kappa shape index (κ1) is 19.2. The van der Waals surface area contributed by atoms with Gasteiger partial charge in [0, 0.05) is 29.6 Å². The normalized spacial score (nSPS) is 10.4. The molecule has 1 amide bonds. The molecule has 8 heteroatoms. The molecule has 0 spiro atoms. The van der Waals surface area contributed by atoms with Crippen LogP contribution in [0.1, 0.15) is 0 Å².